The fourth-order valence-electron chi connectivity index (χ4n) is 3.98. The molecule has 0 unspecified atom stereocenters. The SMILES string of the molecule is C[C@H]1COCC12CCN(c1cnc(Sc3cccnc3C(F)(F)F)c(N)n1)CC2. The Balaban J connectivity index is 1.48. The number of nitrogens with two attached hydrogens (primary N) is 1. The summed E-state index contributed by atoms with van der Waals surface area (Å²) in [5.41, 5.74) is 5.31. The quantitative estimate of drug-likeness (QED) is 0.800. The second-order valence-electron chi connectivity index (χ2n) is 7.63. The van der Waals surface area contributed by atoms with E-state index in [0.29, 0.717) is 11.7 Å². The Kier molecular flexibility index (Phi) is 5.32. The summed E-state index contributed by atoms with van der Waals surface area (Å²) in [6.45, 7) is 5.51. The normalized spacial score (nSPS) is 21.7. The van der Waals surface area contributed by atoms with E-state index in [0.717, 1.165) is 57.1 Å². The summed E-state index contributed by atoms with van der Waals surface area (Å²) < 4.78 is 45.1. The lowest BCUT2D eigenvalue weighted by Crippen LogP contribution is -2.43. The van der Waals surface area contributed by atoms with Gasteiger partial charge < -0.3 is 15.4 Å². The van der Waals surface area contributed by atoms with Gasteiger partial charge in [-0.3, -0.25) is 4.98 Å². The molecule has 2 fully saturated rings. The van der Waals surface area contributed by atoms with E-state index in [4.69, 9.17) is 10.5 Å². The molecule has 0 radical (unpaired) electrons. The molecule has 0 aliphatic carbocycles. The molecule has 29 heavy (non-hydrogen) atoms. The summed E-state index contributed by atoms with van der Waals surface area (Å²) >= 11 is 0.822. The number of aromatic nitrogens is 3. The third-order valence-electron chi connectivity index (χ3n) is 5.88. The lowest BCUT2D eigenvalue weighted by atomic mass is 9.72. The first-order chi connectivity index (χ1) is 13.8. The molecule has 0 aromatic carbocycles. The predicted octanol–water partition coefficient (Wildman–Crippen LogP) is 3.88. The minimum absolute atomic E-state index is 0.0520. The molecular weight excluding hydrogens is 403 g/mol. The van der Waals surface area contributed by atoms with Gasteiger partial charge in [-0.15, -0.1) is 0 Å². The monoisotopic (exact) mass is 425 g/mol. The molecule has 0 bridgehead atoms. The smallest absolute Gasteiger partial charge is 0.381 e. The minimum Gasteiger partial charge on any atom is -0.381 e. The van der Waals surface area contributed by atoms with Gasteiger partial charge >= 0.3 is 6.18 Å². The maximum atomic E-state index is 13.2. The van der Waals surface area contributed by atoms with Gasteiger partial charge in [-0.25, -0.2) is 9.97 Å². The van der Waals surface area contributed by atoms with Crippen molar-refractivity contribution in [2.24, 2.45) is 11.3 Å². The van der Waals surface area contributed by atoms with Crippen LogP contribution in [0.25, 0.3) is 0 Å². The Morgan fingerprint density at radius 2 is 2.03 bits per heavy atom. The van der Waals surface area contributed by atoms with Crippen LogP contribution in [0.3, 0.4) is 0 Å². The molecule has 10 heteroatoms. The highest BCUT2D eigenvalue weighted by Crippen LogP contribution is 2.44. The molecule has 1 atom stereocenters. The first kappa shape index (κ1) is 20.2. The largest absolute Gasteiger partial charge is 0.434 e. The van der Waals surface area contributed by atoms with Crippen LogP contribution >= 0.6 is 11.8 Å². The molecule has 0 amide bonds. The van der Waals surface area contributed by atoms with Crippen molar-refractivity contribution in [2.45, 2.75) is 35.9 Å². The van der Waals surface area contributed by atoms with Gasteiger partial charge in [0, 0.05) is 36.2 Å². The van der Waals surface area contributed by atoms with Crippen LogP contribution in [0.15, 0.2) is 34.4 Å². The lowest BCUT2D eigenvalue weighted by Gasteiger charge is -2.41. The molecule has 2 aliphatic rings. The Labute approximate surface area is 171 Å². The molecule has 2 aromatic rings. The number of hydrogen-bond donors (Lipinski definition) is 1. The van der Waals surface area contributed by atoms with Crippen LogP contribution in [0.5, 0.6) is 0 Å². The van der Waals surface area contributed by atoms with Crippen LogP contribution in [-0.2, 0) is 10.9 Å². The average molecular weight is 425 g/mol. The number of anilines is 2. The molecule has 0 saturated carbocycles. The molecular formula is C19H22F3N5OS. The van der Waals surface area contributed by atoms with Crippen LogP contribution in [0.2, 0.25) is 0 Å². The maximum absolute atomic E-state index is 13.2. The van der Waals surface area contributed by atoms with Crippen molar-refractivity contribution < 1.29 is 17.9 Å². The van der Waals surface area contributed by atoms with Crippen molar-refractivity contribution in [1.82, 2.24) is 15.0 Å². The molecule has 6 nitrogen and oxygen atoms in total. The van der Waals surface area contributed by atoms with Gasteiger partial charge in [-0.1, -0.05) is 18.7 Å². The highest BCUT2D eigenvalue weighted by Gasteiger charge is 2.43. The number of alkyl halides is 3. The Morgan fingerprint density at radius 1 is 1.28 bits per heavy atom. The van der Waals surface area contributed by atoms with E-state index in [9.17, 15) is 13.2 Å². The Morgan fingerprint density at radius 3 is 2.66 bits per heavy atom. The van der Waals surface area contributed by atoms with Crippen LogP contribution in [-0.4, -0.2) is 41.3 Å². The third-order valence-corrected chi connectivity index (χ3v) is 6.94. The topological polar surface area (TPSA) is 77.2 Å². The van der Waals surface area contributed by atoms with E-state index < -0.39 is 11.9 Å². The molecule has 2 N–H and O–H groups in total. The highest BCUT2D eigenvalue weighted by molar-refractivity contribution is 7.99. The maximum Gasteiger partial charge on any atom is 0.434 e. The standard InChI is InChI=1S/C19H22F3N5OS/c1-12-10-28-11-18(12)4-7-27(8-5-18)14-9-25-17(16(23)26-14)29-13-3-2-6-24-15(13)19(20,21)22/h2-3,6,9,12H,4-5,7-8,10-11H2,1H3,(H2,23,26)/t12-/m0/s1. The molecule has 1 spiro atoms. The fraction of sp³-hybridized carbons (Fsp3) is 0.526. The number of pyridine rings is 1. The number of piperidine rings is 1. The second kappa shape index (κ2) is 7.64. The van der Waals surface area contributed by atoms with Gasteiger partial charge in [0.2, 0.25) is 0 Å². The van der Waals surface area contributed by atoms with Crippen LogP contribution in [0, 0.1) is 11.3 Å². The lowest BCUT2D eigenvalue weighted by molar-refractivity contribution is -0.143. The van der Waals surface area contributed by atoms with E-state index in [1.807, 2.05) is 0 Å². The van der Waals surface area contributed by atoms with Gasteiger partial charge in [-0.05, 0) is 30.9 Å². The summed E-state index contributed by atoms with van der Waals surface area (Å²) in [4.78, 5) is 14.2. The van der Waals surface area contributed by atoms with Crippen molar-refractivity contribution >= 4 is 23.4 Å². The fourth-order valence-corrected chi connectivity index (χ4v) is 4.86. The zero-order valence-corrected chi connectivity index (χ0v) is 16.8. The number of nitrogen functional groups attached to an aromatic ring is 1. The van der Waals surface area contributed by atoms with Crippen molar-refractivity contribution in [3.05, 3.63) is 30.2 Å². The van der Waals surface area contributed by atoms with E-state index >= 15 is 0 Å². The van der Waals surface area contributed by atoms with Crippen molar-refractivity contribution in [1.29, 1.82) is 0 Å². The number of hydrogen-bond acceptors (Lipinski definition) is 7. The van der Waals surface area contributed by atoms with Crippen LogP contribution in [0.1, 0.15) is 25.5 Å². The number of halogens is 3. The Bertz CT molecular complexity index is 886. The van der Waals surface area contributed by atoms with E-state index in [-0.39, 0.29) is 21.2 Å². The summed E-state index contributed by atoms with van der Waals surface area (Å²) in [7, 11) is 0. The average Bonchev–Trinajstić information content (AvgIpc) is 3.03. The van der Waals surface area contributed by atoms with E-state index in [1.54, 1.807) is 6.20 Å². The van der Waals surface area contributed by atoms with Gasteiger partial charge in [0.05, 0.1) is 12.8 Å². The van der Waals surface area contributed by atoms with E-state index in [2.05, 4.69) is 26.8 Å². The molecule has 4 rings (SSSR count). The predicted molar refractivity (Wildman–Crippen MR) is 104 cm³/mol. The van der Waals surface area contributed by atoms with Gasteiger partial charge in [-0.2, -0.15) is 13.2 Å². The summed E-state index contributed by atoms with van der Waals surface area (Å²) in [6.07, 6.45) is 0.170. The first-order valence-corrected chi connectivity index (χ1v) is 10.3. The van der Waals surface area contributed by atoms with Crippen LogP contribution < -0.4 is 10.6 Å². The molecule has 156 valence electrons. The second-order valence-corrected chi connectivity index (χ2v) is 8.66. The zero-order valence-electron chi connectivity index (χ0n) is 15.9. The van der Waals surface area contributed by atoms with Gasteiger partial charge in [0.15, 0.2) is 11.5 Å². The van der Waals surface area contributed by atoms with Crippen molar-refractivity contribution in [3.8, 4) is 0 Å². The van der Waals surface area contributed by atoms with Crippen LogP contribution in [0.4, 0.5) is 24.8 Å². The molecule has 2 aromatic heterocycles. The summed E-state index contributed by atoms with van der Waals surface area (Å²) in [6, 6.07) is 2.80. The third kappa shape index (κ3) is 4.00. The van der Waals surface area contributed by atoms with Gasteiger partial charge in [0.25, 0.3) is 0 Å². The van der Waals surface area contributed by atoms with Crippen molar-refractivity contribution in [2.75, 3.05) is 36.9 Å². The minimum atomic E-state index is -4.55. The highest BCUT2D eigenvalue weighted by atomic mass is 32.2. The summed E-state index contributed by atoms with van der Waals surface area (Å²) in [5.74, 6) is 1.31. The Hall–Kier alpha value is -2.07. The zero-order chi connectivity index (χ0) is 20.6. The van der Waals surface area contributed by atoms with Crippen molar-refractivity contribution in [3.63, 3.8) is 0 Å². The van der Waals surface area contributed by atoms with Gasteiger partial charge in [0.1, 0.15) is 10.8 Å². The molecule has 2 aliphatic heterocycles. The number of nitrogens with zero attached hydrogens (tertiary/aromatic N) is 4. The number of ether oxygens (including phenoxy) is 1. The molecule has 2 saturated heterocycles. The first-order valence-electron chi connectivity index (χ1n) is 9.44. The van der Waals surface area contributed by atoms with E-state index in [1.165, 1.54) is 12.1 Å². The number of rotatable bonds is 3. The summed E-state index contributed by atoms with van der Waals surface area (Å²) in [5, 5.41) is 0.235. The molecule has 4 heterocycles.